The van der Waals surface area contributed by atoms with Gasteiger partial charge in [-0.3, -0.25) is 0 Å². The second-order valence-electron chi connectivity index (χ2n) is 6.10. The lowest BCUT2D eigenvalue weighted by Crippen LogP contribution is -2.57. The summed E-state index contributed by atoms with van der Waals surface area (Å²) in [7, 11) is 2.05. The van der Waals surface area contributed by atoms with Crippen LogP contribution in [0.15, 0.2) is 0 Å². The summed E-state index contributed by atoms with van der Waals surface area (Å²) in [5.74, 6) is 1.44. The van der Waals surface area contributed by atoms with Crippen LogP contribution in [0.1, 0.15) is 52.4 Å². The van der Waals surface area contributed by atoms with E-state index in [1.54, 1.807) is 0 Å². The molecule has 2 heteroatoms. The molecule has 0 radical (unpaired) electrons. The van der Waals surface area contributed by atoms with E-state index in [1.807, 2.05) is 0 Å². The Hall–Kier alpha value is -0.0800. The number of rotatable bonds is 2. The monoisotopic (exact) mass is 211 g/mol. The molecule has 0 saturated heterocycles. The summed E-state index contributed by atoms with van der Waals surface area (Å²) in [5.41, 5.74) is -0.169. The van der Waals surface area contributed by atoms with E-state index in [0.29, 0.717) is 5.92 Å². The fraction of sp³-hybridized carbons (Fsp3) is 1.00. The van der Waals surface area contributed by atoms with Gasteiger partial charge in [-0.15, -0.1) is 0 Å². The third-order valence-corrected chi connectivity index (χ3v) is 4.69. The molecular formula is C13H25NO. The highest BCUT2D eigenvalue weighted by atomic mass is 16.3. The molecule has 0 aromatic rings. The maximum Gasteiger partial charge on any atom is 0.0670 e. The molecule has 0 aromatic carbocycles. The SMILES string of the molecule is CCC1(NC)CC2CC(C)CC(O)(C2)C1. The zero-order valence-electron chi connectivity index (χ0n) is 10.3. The van der Waals surface area contributed by atoms with E-state index in [4.69, 9.17) is 0 Å². The molecule has 2 N–H and O–H groups in total. The molecule has 88 valence electrons. The second-order valence-corrected chi connectivity index (χ2v) is 6.10. The molecule has 15 heavy (non-hydrogen) atoms. The summed E-state index contributed by atoms with van der Waals surface area (Å²) in [6.07, 6.45) is 6.70. The van der Waals surface area contributed by atoms with Crippen LogP contribution in [-0.4, -0.2) is 23.3 Å². The second kappa shape index (κ2) is 3.74. The van der Waals surface area contributed by atoms with Crippen molar-refractivity contribution in [3.8, 4) is 0 Å². The smallest absolute Gasteiger partial charge is 0.0670 e. The van der Waals surface area contributed by atoms with Gasteiger partial charge in [0, 0.05) is 5.54 Å². The normalized spacial score (nSPS) is 50.4. The molecule has 4 unspecified atom stereocenters. The van der Waals surface area contributed by atoms with Crippen molar-refractivity contribution < 1.29 is 5.11 Å². The predicted octanol–water partition coefficient (Wildman–Crippen LogP) is 2.32. The summed E-state index contributed by atoms with van der Waals surface area (Å²) in [4.78, 5) is 0. The molecule has 2 saturated carbocycles. The molecule has 0 amide bonds. The molecule has 2 rings (SSSR count). The van der Waals surface area contributed by atoms with Crippen molar-refractivity contribution in [2.45, 2.75) is 63.5 Å². The van der Waals surface area contributed by atoms with E-state index in [2.05, 4.69) is 26.2 Å². The lowest BCUT2D eigenvalue weighted by Gasteiger charge is -2.53. The van der Waals surface area contributed by atoms with Gasteiger partial charge in [-0.2, -0.15) is 0 Å². The van der Waals surface area contributed by atoms with Gasteiger partial charge in [-0.1, -0.05) is 13.8 Å². The third-order valence-electron chi connectivity index (χ3n) is 4.69. The van der Waals surface area contributed by atoms with E-state index in [0.717, 1.165) is 31.6 Å². The standard InChI is InChI=1S/C13H25NO/c1-4-12(14-3)7-11-5-10(2)6-13(15,8-11)9-12/h10-11,14-15H,4-9H2,1-3H3. The Kier molecular flexibility index (Phi) is 2.85. The van der Waals surface area contributed by atoms with Crippen LogP contribution in [0.4, 0.5) is 0 Å². The maximum absolute atomic E-state index is 10.6. The minimum absolute atomic E-state index is 0.206. The van der Waals surface area contributed by atoms with Crippen LogP contribution in [-0.2, 0) is 0 Å². The molecule has 2 bridgehead atoms. The van der Waals surface area contributed by atoms with Gasteiger partial charge in [0.2, 0.25) is 0 Å². The number of hydrogen-bond acceptors (Lipinski definition) is 2. The molecular weight excluding hydrogens is 186 g/mol. The van der Waals surface area contributed by atoms with Gasteiger partial charge in [-0.25, -0.2) is 0 Å². The fourth-order valence-electron chi connectivity index (χ4n) is 4.20. The Balaban J connectivity index is 2.18. The third kappa shape index (κ3) is 2.07. The zero-order valence-corrected chi connectivity index (χ0v) is 10.3. The molecule has 0 spiro atoms. The predicted molar refractivity (Wildman–Crippen MR) is 62.8 cm³/mol. The molecule has 0 aliphatic heterocycles. The van der Waals surface area contributed by atoms with E-state index in [-0.39, 0.29) is 11.1 Å². The lowest BCUT2D eigenvalue weighted by molar-refractivity contribution is -0.0961. The minimum Gasteiger partial charge on any atom is -0.390 e. The summed E-state index contributed by atoms with van der Waals surface area (Å²) < 4.78 is 0. The summed E-state index contributed by atoms with van der Waals surface area (Å²) in [6.45, 7) is 4.53. The molecule has 0 heterocycles. The average Bonchev–Trinajstić information content (AvgIpc) is 2.14. The molecule has 0 aromatic heterocycles. The minimum atomic E-state index is -0.375. The Labute approximate surface area is 93.5 Å². The van der Waals surface area contributed by atoms with Crippen LogP contribution in [0.25, 0.3) is 0 Å². The zero-order chi connectivity index (χ0) is 11.1. The highest BCUT2D eigenvalue weighted by molar-refractivity contribution is 5.04. The van der Waals surface area contributed by atoms with E-state index in [1.165, 1.54) is 12.8 Å². The van der Waals surface area contributed by atoms with Crippen molar-refractivity contribution in [3.63, 3.8) is 0 Å². The van der Waals surface area contributed by atoms with Crippen molar-refractivity contribution in [2.24, 2.45) is 11.8 Å². The van der Waals surface area contributed by atoms with Crippen LogP contribution in [0.5, 0.6) is 0 Å². The van der Waals surface area contributed by atoms with E-state index in [9.17, 15) is 5.11 Å². The molecule has 2 fully saturated rings. The van der Waals surface area contributed by atoms with Gasteiger partial charge < -0.3 is 10.4 Å². The quantitative estimate of drug-likeness (QED) is 0.734. The van der Waals surface area contributed by atoms with Crippen molar-refractivity contribution in [2.75, 3.05) is 7.05 Å². The van der Waals surface area contributed by atoms with Crippen LogP contribution in [0.3, 0.4) is 0 Å². The first-order chi connectivity index (χ1) is 7.01. The average molecular weight is 211 g/mol. The van der Waals surface area contributed by atoms with Crippen LogP contribution >= 0.6 is 0 Å². The Morgan fingerprint density at radius 1 is 1.33 bits per heavy atom. The van der Waals surface area contributed by atoms with Gasteiger partial charge in [0.25, 0.3) is 0 Å². The number of aliphatic hydroxyl groups is 1. The van der Waals surface area contributed by atoms with Crippen LogP contribution in [0, 0.1) is 11.8 Å². The van der Waals surface area contributed by atoms with Crippen molar-refractivity contribution in [1.29, 1.82) is 0 Å². The van der Waals surface area contributed by atoms with Gasteiger partial charge in [0.05, 0.1) is 5.60 Å². The largest absolute Gasteiger partial charge is 0.390 e. The van der Waals surface area contributed by atoms with Crippen LogP contribution in [0.2, 0.25) is 0 Å². The molecule has 4 atom stereocenters. The molecule has 2 nitrogen and oxygen atoms in total. The van der Waals surface area contributed by atoms with Gasteiger partial charge in [-0.05, 0) is 57.4 Å². The first-order valence-electron chi connectivity index (χ1n) is 6.42. The Bertz CT molecular complexity index is 233. The van der Waals surface area contributed by atoms with E-state index < -0.39 is 0 Å². The Morgan fingerprint density at radius 2 is 2.07 bits per heavy atom. The van der Waals surface area contributed by atoms with Gasteiger partial charge in [0.1, 0.15) is 0 Å². The highest BCUT2D eigenvalue weighted by Gasteiger charge is 2.49. The first kappa shape index (κ1) is 11.4. The summed E-state index contributed by atoms with van der Waals surface area (Å²) in [5, 5.41) is 14.1. The van der Waals surface area contributed by atoms with Crippen molar-refractivity contribution >= 4 is 0 Å². The Morgan fingerprint density at radius 3 is 2.60 bits per heavy atom. The maximum atomic E-state index is 10.6. The summed E-state index contributed by atoms with van der Waals surface area (Å²) >= 11 is 0. The fourth-order valence-corrected chi connectivity index (χ4v) is 4.20. The van der Waals surface area contributed by atoms with Gasteiger partial charge >= 0.3 is 0 Å². The lowest BCUT2D eigenvalue weighted by atomic mass is 9.59. The number of fused-ring (bicyclic) bond motifs is 2. The highest BCUT2D eigenvalue weighted by Crippen LogP contribution is 2.49. The molecule has 2 aliphatic rings. The summed E-state index contributed by atoms with van der Waals surface area (Å²) in [6, 6.07) is 0. The molecule has 2 aliphatic carbocycles. The van der Waals surface area contributed by atoms with Crippen molar-refractivity contribution in [1.82, 2.24) is 5.32 Å². The van der Waals surface area contributed by atoms with E-state index >= 15 is 0 Å². The first-order valence-corrected chi connectivity index (χ1v) is 6.42. The topological polar surface area (TPSA) is 32.3 Å². The number of hydrogen-bond donors (Lipinski definition) is 2. The van der Waals surface area contributed by atoms with Crippen LogP contribution < -0.4 is 5.32 Å². The number of nitrogens with one attached hydrogen (secondary N) is 1. The van der Waals surface area contributed by atoms with Crippen molar-refractivity contribution in [3.05, 3.63) is 0 Å². The van der Waals surface area contributed by atoms with Gasteiger partial charge in [0.15, 0.2) is 0 Å².